The summed E-state index contributed by atoms with van der Waals surface area (Å²) in [6, 6.07) is 52.9. The number of anilines is 9. The number of hydrogen-bond donors (Lipinski definition) is 0. The molecule has 20 heteroatoms. The van der Waals surface area contributed by atoms with Gasteiger partial charge in [0, 0.05) is 166 Å². The van der Waals surface area contributed by atoms with Gasteiger partial charge in [-0.3, -0.25) is 0 Å². The maximum atomic E-state index is 8.71. The van der Waals surface area contributed by atoms with Gasteiger partial charge in [0.1, 0.15) is 30.8 Å². The molecule has 0 N–H and O–H groups in total. The van der Waals surface area contributed by atoms with Crippen LogP contribution in [-0.2, 0) is 0 Å². The molecule has 0 saturated carbocycles. The smallest absolute Gasteiger partial charge is 0.227 e. The normalized spacial score (nSPS) is 20.0. The first kappa shape index (κ1) is 63.7. The zero-order chi connectivity index (χ0) is 92.9. The maximum absolute atomic E-state index is 8.71. The van der Waals surface area contributed by atoms with Crippen LogP contribution < -0.4 is 34.3 Å². The Bertz CT molecular complexity index is 7060. The summed E-state index contributed by atoms with van der Waals surface area (Å²) in [5, 5.41) is 9.95. The summed E-state index contributed by atoms with van der Waals surface area (Å²) < 4.78 is 126. The molecule has 0 spiro atoms. The maximum Gasteiger partial charge on any atom is 0.227 e. The fraction of sp³-hybridized carbons (Fsp3) is 0.263. The molecule has 17 aromatic rings. The number of aryl methyl sites for hydroxylation is 5. The number of hydrogen-bond acceptors (Lipinski definition) is 20. The Kier molecular flexibility index (Phi) is 16.3. The predicted molar refractivity (Wildman–Crippen MR) is 488 cm³/mol. The highest BCUT2D eigenvalue weighted by atomic mass is 16.4. The number of furan rings is 5. The van der Waals surface area contributed by atoms with E-state index in [1.807, 2.05) is 230 Å². The van der Waals surface area contributed by atoms with Crippen molar-refractivity contribution in [3.05, 3.63) is 266 Å². The van der Waals surface area contributed by atoms with Gasteiger partial charge in [0.15, 0.2) is 27.9 Å². The van der Waals surface area contributed by atoms with Crippen LogP contribution in [0.5, 0.6) is 0 Å². The zero-order valence-electron chi connectivity index (χ0n) is 81.2. The molecule has 1 unspecified atom stereocenters. The highest BCUT2D eigenvalue weighted by Gasteiger charge is 2.39. The van der Waals surface area contributed by atoms with Gasteiger partial charge in [-0.2, -0.15) is 0 Å². The first-order chi connectivity index (χ1) is 62.1. The van der Waals surface area contributed by atoms with Crippen LogP contribution in [0.15, 0.2) is 260 Å². The molecule has 0 bridgehead atoms. The van der Waals surface area contributed by atoms with Gasteiger partial charge in [0.25, 0.3) is 0 Å². The van der Waals surface area contributed by atoms with E-state index in [9.17, 15) is 0 Å². The van der Waals surface area contributed by atoms with E-state index in [1.165, 1.54) is 16.7 Å². The van der Waals surface area contributed by atoms with E-state index in [4.69, 9.17) is 38.5 Å². The Morgan fingerprint density at radius 2 is 0.622 bits per heavy atom. The lowest BCUT2D eigenvalue weighted by atomic mass is 10.1. The van der Waals surface area contributed by atoms with Gasteiger partial charge in [-0.1, -0.05) is 84.9 Å². The van der Waals surface area contributed by atoms with Crippen LogP contribution in [0.4, 0.5) is 51.2 Å². The number of nitrogens with zero attached hydrogens (tertiary/aromatic N) is 15. The lowest BCUT2D eigenvalue weighted by molar-refractivity contribution is 0.263. The highest BCUT2D eigenvalue weighted by molar-refractivity contribution is 6.14. The molecule has 0 amide bonds. The van der Waals surface area contributed by atoms with Gasteiger partial charge in [0.05, 0.1) is 55.3 Å². The monoisotopic (exact) mass is 1590 g/mol. The number of rotatable bonds is 8. The SMILES string of the molecule is [2H]C(C)(C)N1C=CN(c2c(C)ccc3c2oc2ncccc23)[C@H]1C.[2H]C(C)(C)N1c2ccccc2N(c2c(C)ccc3c2oc2ncccc23)[C@H]1C.[2H]C([2H])([2H])C([2H])(C)N1C=CN(c2c(C)ccc3c2oc2ncccc23)[C@H]1C.[2H]C([2H])([2H])N1C=CN(c2c(C)ccc3c2oc2ncccc23)[C@H]1C.[2H]C([2H])([2H])N1c2ccccc2N(c2c(C)ccc3c2oc2ncccc23)[C@H]1C. The van der Waals surface area contributed by atoms with Gasteiger partial charge >= 0.3 is 0 Å². The van der Waals surface area contributed by atoms with E-state index in [-0.39, 0.29) is 24.7 Å². The molecular formula is C99H101N15O5. The second kappa shape index (κ2) is 30.5. The predicted octanol–water partition coefficient (Wildman–Crippen LogP) is 24.4. The van der Waals surface area contributed by atoms with Crippen LogP contribution in [0, 0.1) is 34.6 Å². The Morgan fingerprint density at radius 1 is 0.303 bits per heavy atom. The summed E-state index contributed by atoms with van der Waals surface area (Å²) in [5.41, 5.74) is 20.6. The molecule has 0 fully saturated rings. The van der Waals surface area contributed by atoms with Gasteiger partial charge in [-0.25, -0.2) is 24.9 Å². The Morgan fingerprint density at radius 3 is 0.958 bits per heavy atom. The van der Waals surface area contributed by atoms with Crippen molar-refractivity contribution in [2.45, 2.75) is 160 Å². The first-order valence-corrected chi connectivity index (χ1v) is 40.1. The molecule has 6 atom stereocenters. The van der Waals surface area contributed by atoms with Gasteiger partial charge in [0.2, 0.25) is 28.6 Å². The summed E-state index contributed by atoms with van der Waals surface area (Å²) in [4.78, 5) is 40.7. The largest absolute Gasteiger partial charge is 0.435 e. The molecule has 15 heterocycles. The van der Waals surface area contributed by atoms with Crippen LogP contribution in [0.25, 0.3) is 110 Å². The van der Waals surface area contributed by atoms with Crippen molar-refractivity contribution in [3.63, 3.8) is 0 Å². The third-order valence-corrected chi connectivity index (χ3v) is 23.5. The van der Waals surface area contributed by atoms with E-state index >= 15 is 0 Å². The molecule has 22 rings (SSSR count). The van der Waals surface area contributed by atoms with Gasteiger partial charge in [-0.05, 0) is 223 Å². The van der Waals surface area contributed by atoms with Crippen LogP contribution in [-0.4, -0.2) is 102 Å². The summed E-state index contributed by atoms with van der Waals surface area (Å²) in [6.07, 6.45) is 18.5. The molecule has 20 nitrogen and oxygen atoms in total. The van der Waals surface area contributed by atoms with E-state index in [1.54, 1.807) is 54.5 Å². The quantitative estimate of drug-likeness (QED) is 0.141. The van der Waals surface area contributed by atoms with Crippen molar-refractivity contribution in [1.82, 2.24) is 39.6 Å². The molecule has 5 aliphatic heterocycles. The average molecular weight is 1590 g/mol. The highest BCUT2D eigenvalue weighted by Crippen LogP contribution is 2.52. The fourth-order valence-corrected chi connectivity index (χ4v) is 17.6. The average Bonchev–Trinajstić information content (AvgIpc) is 1.55. The number of aromatic nitrogens is 5. The summed E-state index contributed by atoms with van der Waals surface area (Å²) in [5.74, 6) is 0. The zero-order valence-corrected chi connectivity index (χ0v) is 69.2. The molecule has 119 heavy (non-hydrogen) atoms. The van der Waals surface area contributed by atoms with Gasteiger partial charge in [-0.15, -0.1) is 0 Å². The summed E-state index contributed by atoms with van der Waals surface area (Å²) in [7, 11) is 0. The van der Waals surface area contributed by atoms with Gasteiger partial charge < -0.3 is 71.1 Å². The fourth-order valence-electron chi connectivity index (χ4n) is 17.6. The summed E-state index contributed by atoms with van der Waals surface area (Å²) >= 11 is 0. The molecule has 602 valence electrons. The number of benzene rings is 7. The second-order valence-electron chi connectivity index (χ2n) is 31.3. The Balaban J connectivity index is 0.000000110. The molecule has 5 aliphatic rings. The standard InChI is InChI=1S/C23H23N3O.C21H19N3O.2C19H21N3O.C17H17N3O/c1-14(2)25-16(4)26(20-10-6-5-9-19(20)25)21-15(3)11-12-17-18-8-7-13-24-23(18)27-22(17)21;1-13-10-11-15-16-7-6-12-22-21(16)25-20(15)19(13)24-14(2)23(3)17-8-4-5-9-18(17)24;2*1-12(2)21-10-11-22(14(21)4)17-13(3)7-8-15-16-6-5-9-20-19(16)23-18(15)17;1-11-6-7-13-14-5-4-8-18-17(14)21-16(13)15(11)20-10-9-19(3)12(20)2/h5-14,16H,1-4H3;4-12,14H,1-3H3;2*5-12,14H,1-4H3;4-10,12H,1-3H3/t16-;3*14-;12-/m00000/s1/i14D;3D3;1D3,12D;12D;3D3/t2m;12?,14-;2m. The van der Waals surface area contributed by atoms with Crippen molar-refractivity contribution in [2.24, 2.45) is 0 Å². The van der Waals surface area contributed by atoms with Crippen molar-refractivity contribution in [1.29, 1.82) is 0 Å². The van der Waals surface area contributed by atoms with Crippen LogP contribution in [0.2, 0.25) is 0 Å². The van der Waals surface area contributed by atoms with Crippen molar-refractivity contribution >= 4 is 162 Å². The third kappa shape index (κ3) is 12.9. The minimum Gasteiger partial charge on any atom is -0.435 e. The molecular weight excluding hydrogens is 1480 g/mol. The summed E-state index contributed by atoms with van der Waals surface area (Å²) in [6.45, 7) is 22.3. The Labute approximate surface area is 710 Å². The molecule has 10 aromatic heterocycles. The van der Waals surface area contributed by atoms with E-state index in [2.05, 4.69) is 115 Å². The number of para-hydroxylation sites is 4. The Hall–Kier alpha value is -13.5. The topological polar surface area (TPSA) is 163 Å². The van der Waals surface area contributed by atoms with Crippen molar-refractivity contribution < 1.29 is 38.5 Å². The van der Waals surface area contributed by atoms with Crippen LogP contribution in [0.3, 0.4) is 0 Å². The van der Waals surface area contributed by atoms with E-state index < -0.39 is 45.0 Å². The second-order valence-corrected chi connectivity index (χ2v) is 31.3. The third-order valence-electron chi connectivity index (χ3n) is 23.5. The number of fused-ring (bicyclic) bond motifs is 17. The van der Waals surface area contributed by atoms with E-state index in [0.717, 1.165) is 150 Å². The molecule has 0 saturated heterocycles. The lowest BCUT2D eigenvalue weighted by Crippen LogP contribution is -2.42. The van der Waals surface area contributed by atoms with Crippen LogP contribution in [0.1, 0.15) is 120 Å². The van der Waals surface area contributed by atoms with E-state index in [0.29, 0.717) is 39.8 Å². The minimum absolute atomic E-state index is 0.0182. The molecule has 0 aliphatic carbocycles. The first-order valence-electron chi connectivity index (χ1n) is 46.1. The van der Waals surface area contributed by atoms with Crippen LogP contribution >= 0.6 is 0 Å². The van der Waals surface area contributed by atoms with Crippen molar-refractivity contribution in [2.75, 3.05) is 48.3 Å². The lowest BCUT2D eigenvalue weighted by Gasteiger charge is -2.33. The number of pyridine rings is 5. The molecule has 7 aromatic carbocycles. The minimum atomic E-state index is -2.44. The van der Waals surface area contributed by atoms with Crippen molar-refractivity contribution in [3.8, 4) is 0 Å². The molecule has 0 radical (unpaired) electrons.